The van der Waals surface area contributed by atoms with Gasteiger partial charge in [0.05, 0.1) is 24.3 Å². The van der Waals surface area contributed by atoms with Gasteiger partial charge in [0.2, 0.25) is 5.76 Å². The smallest absolute Gasteiger partial charge is 0.374 e. The quantitative estimate of drug-likeness (QED) is 0.873. The minimum atomic E-state index is -1.14. The van der Waals surface area contributed by atoms with Crippen molar-refractivity contribution in [3.8, 4) is 17.0 Å². The van der Waals surface area contributed by atoms with E-state index >= 15 is 0 Å². The summed E-state index contributed by atoms with van der Waals surface area (Å²) in [5.41, 5.74) is 1.28. The summed E-state index contributed by atoms with van der Waals surface area (Å²) in [4.78, 5) is 10.8. The molecule has 1 aliphatic heterocycles. The van der Waals surface area contributed by atoms with Gasteiger partial charge in [0.1, 0.15) is 11.4 Å². The van der Waals surface area contributed by atoms with Crippen LogP contribution >= 0.6 is 15.9 Å². The topological polar surface area (TPSA) is 81.8 Å². The number of hydrogen-bond acceptors (Lipinski definition) is 5. The molecule has 0 aliphatic carbocycles. The molecule has 1 N–H and O–H groups in total. The van der Waals surface area contributed by atoms with Gasteiger partial charge in [0.25, 0.3) is 0 Å². The molecule has 1 aliphatic rings. The van der Waals surface area contributed by atoms with E-state index < -0.39 is 5.97 Å². The third-order valence-corrected chi connectivity index (χ3v) is 4.05. The number of benzene rings is 1. The number of halogens is 1. The van der Waals surface area contributed by atoms with Crippen molar-refractivity contribution < 1.29 is 23.9 Å². The number of hydrogen-bond donors (Lipinski definition) is 1. The van der Waals surface area contributed by atoms with E-state index in [-0.39, 0.29) is 11.2 Å². The van der Waals surface area contributed by atoms with E-state index in [1.54, 1.807) is 0 Å². The van der Waals surface area contributed by atoms with Crippen molar-refractivity contribution in [1.82, 2.24) is 5.16 Å². The number of rotatable bonds is 5. The average molecular weight is 368 g/mol. The maximum absolute atomic E-state index is 10.8. The van der Waals surface area contributed by atoms with Gasteiger partial charge in [0.15, 0.2) is 0 Å². The monoisotopic (exact) mass is 367 g/mol. The summed E-state index contributed by atoms with van der Waals surface area (Å²) in [6.45, 7) is 4.11. The highest BCUT2D eigenvalue weighted by atomic mass is 79.9. The zero-order valence-corrected chi connectivity index (χ0v) is 13.4. The van der Waals surface area contributed by atoms with Crippen molar-refractivity contribution in [2.75, 3.05) is 19.8 Å². The lowest BCUT2D eigenvalue weighted by atomic mass is 9.90. The van der Waals surface area contributed by atoms with Gasteiger partial charge in [-0.1, -0.05) is 12.1 Å². The molecule has 1 saturated heterocycles. The van der Waals surface area contributed by atoms with Gasteiger partial charge in [0, 0.05) is 17.0 Å². The Morgan fingerprint density at radius 2 is 2.23 bits per heavy atom. The van der Waals surface area contributed by atoms with Crippen molar-refractivity contribution in [3.05, 3.63) is 34.5 Å². The summed E-state index contributed by atoms with van der Waals surface area (Å²) in [5.74, 6) is -0.614. The Kier molecular flexibility index (Phi) is 3.92. The van der Waals surface area contributed by atoms with Gasteiger partial charge >= 0.3 is 5.97 Å². The standard InChI is InChI=1S/C15H14BrNO5/c1-15(6-20-7-15)8-21-12-3-2-9(4-10(12)16)11-5-13(14(18)19)22-17-11/h2-5H,6-8H2,1H3,(H,18,19). The van der Waals surface area contributed by atoms with Crippen molar-refractivity contribution in [2.45, 2.75) is 6.92 Å². The molecule has 0 unspecified atom stereocenters. The van der Waals surface area contributed by atoms with Crippen LogP contribution in [0, 0.1) is 5.41 Å². The molecular weight excluding hydrogens is 354 g/mol. The van der Waals surface area contributed by atoms with Gasteiger partial charge in [-0.15, -0.1) is 0 Å². The van der Waals surface area contributed by atoms with E-state index in [9.17, 15) is 4.79 Å². The second-order valence-corrected chi connectivity index (χ2v) is 6.47. The Balaban J connectivity index is 1.74. The molecule has 0 saturated carbocycles. The van der Waals surface area contributed by atoms with Crippen LogP contribution in [0.5, 0.6) is 5.75 Å². The fourth-order valence-corrected chi connectivity index (χ4v) is 2.57. The summed E-state index contributed by atoms with van der Waals surface area (Å²) < 4.78 is 16.5. The summed E-state index contributed by atoms with van der Waals surface area (Å²) in [5, 5.41) is 12.6. The first-order valence-corrected chi connectivity index (χ1v) is 7.47. The number of aromatic carboxylic acids is 1. The van der Waals surface area contributed by atoms with Crippen LogP contribution in [0.3, 0.4) is 0 Å². The third kappa shape index (κ3) is 3.00. The molecule has 0 atom stereocenters. The second-order valence-electron chi connectivity index (χ2n) is 5.62. The van der Waals surface area contributed by atoms with Crippen molar-refractivity contribution in [2.24, 2.45) is 5.41 Å². The molecule has 0 spiro atoms. The molecule has 0 bridgehead atoms. The highest BCUT2D eigenvalue weighted by Gasteiger charge is 2.34. The first-order valence-electron chi connectivity index (χ1n) is 6.67. The maximum atomic E-state index is 10.8. The van der Waals surface area contributed by atoms with Gasteiger partial charge in [-0.05, 0) is 34.1 Å². The lowest BCUT2D eigenvalue weighted by molar-refractivity contribution is -0.120. The molecule has 3 rings (SSSR count). The molecule has 0 amide bonds. The Hall–Kier alpha value is -1.86. The fourth-order valence-electron chi connectivity index (χ4n) is 2.08. The van der Waals surface area contributed by atoms with Gasteiger partial charge < -0.3 is 19.1 Å². The van der Waals surface area contributed by atoms with Gasteiger partial charge in [-0.3, -0.25) is 0 Å². The molecular formula is C15H14BrNO5. The Morgan fingerprint density at radius 1 is 1.45 bits per heavy atom. The summed E-state index contributed by atoms with van der Waals surface area (Å²) >= 11 is 3.46. The molecule has 1 fully saturated rings. The average Bonchev–Trinajstić information content (AvgIpc) is 2.94. The van der Waals surface area contributed by atoms with E-state index in [2.05, 4.69) is 28.0 Å². The van der Waals surface area contributed by atoms with E-state index in [0.29, 0.717) is 25.5 Å². The normalized spacial score (nSPS) is 16.1. The largest absolute Gasteiger partial charge is 0.492 e. The molecule has 2 heterocycles. The number of carbonyl (C=O) groups is 1. The van der Waals surface area contributed by atoms with E-state index in [4.69, 9.17) is 19.1 Å². The maximum Gasteiger partial charge on any atom is 0.374 e. The molecule has 116 valence electrons. The molecule has 0 radical (unpaired) electrons. The van der Waals surface area contributed by atoms with Crippen LogP contribution in [-0.2, 0) is 4.74 Å². The predicted molar refractivity (Wildman–Crippen MR) is 81.0 cm³/mol. The fraction of sp³-hybridized carbons (Fsp3) is 0.333. The first kappa shape index (κ1) is 15.1. The third-order valence-electron chi connectivity index (χ3n) is 3.43. The van der Waals surface area contributed by atoms with Crippen molar-refractivity contribution in [1.29, 1.82) is 0 Å². The highest BCUT2D eigenvalue weighted by Crippen LogP contribution is 2.33. The van der Waals surface area contributed by atoms with Crippen LogP contribution in [0.15, 0.2) is 33.3 Å². The number of ether oxygens (including phenoxy) is 2. The second kappa shape index (κ2) is 5.73. The van der Waals surface area contributed by atoms with E-state index in [0.717, 1.165) is 15.8 Å². The molecule has 7 heteroatoms. The number of aromatic nitrogens is 1. The lowest BCUT2D eigenvalue weighted by Gasteiger charge is -2.37. The number of carboxylic acid groups (broad SMARTS) is 1. The van der Waals surface area contributed by atoms with Crippen LogP contribution in [0.1, 0.15) is 17.5 Å². The van der Waals surface area contributed by atoms with Crippen LogP contribution in [0.25, 0.3) is 11.3 Å². The van der Waals surface area contributed by atoms with Crippen LogP contribution in [0.2, 0.25) is 0 Å². The number of carboxylic acids is 1. The molecule has 22 heavy (non-hydrogen) atoms. The van der Waals surface area contributed by atoms with Crippen molar-refractivity contribution >= 4 is 21.9 Å². The van der Waals surface area contributed by atoms with Crippen molar-refractivity contribution in [3.63, 3.8) is 0 Å². The SMILES string of the molecule is CC1(COc2ccc(-c3cc(C(=O)O)on3)cc2Br)COC1. The van der Waals surface area contributed by atoms with E-state index in [1.165, 1.54) is 6.07 Å². The molecule has 1 aromatic carbocycles. The minimum Gasteiger partial charge on any atom is -0.492 e. The summed E-state index contributed by atoms with van der Waals surface area (Å²) in [6, 6.07) is 6.83. The zero-order chi connectivity index (χ0) is 15.7. The zero-order valence-electron chi connectivity index (χ0n) is 11.8. The molecule has 2 aromatic rings. The van der Waals surface area contributed by atoms with Gasteiger partial charge in [-0.2, -0.15) is 0 Å². The minimum absolute atomic E-state index is 0.0701. The predicted octanol–water partition coefficient (Wildman–Crippen LogP) is 3.22. The number of nitrogens with zero attached hydrogens (tertiary/aromatic N) is 1. The molecule has 1 aromatic heterocycles. The van der Waals surface area contributed by atoms with Gasteiger partial charge in [-0.25, -0.2) is 4.79 Å². The van der Waals surface area contributed by atoms with Crippen LogP contribution in [-0.4, -0.2) is 36.1 Å². The Bertz CT molecular complexity index is 708. The van der Waals surface area contributed by atoms with Crippen LogP contribution in [0.4, 0.5) is 0 Å². The molecule has 6 nitrogen and oxygen atoms in total. The summed E-state index contributed by atoms with van der Waals surface area (Å²) in [7, 11) is 0. The first-order chi connectivity index (χ1) is 10.5. The highest BCUT2D eigenvalue weighted by molar-refractivity contribution is 9.10. The van der Waals surface area contributed by atoms with Crippen LogP contribution < -0.4 is 4.74 Å². The Morgan fingerprint density at radius 3 is 2.77 bits per heavy atom. The summed E-state index contributed by atoms with van der Waals surface area (Å²) in [6.07, 6.45) is 0. The Labute approximate surface area is 135 Å². The lowest BCUT2D eigenvalue weighted by Crippen LogP contribution is -2.44. The van der Waals surface area contributed by atoms with E-state index in [1.807, 2.05) is 18.2 Å².